The van der Waals surface area contributed by atoms with Gasteiger partial charge in [0.05, 0.1) is 0 Å². The molecular weight excluding hydrogens is 384 g/mol. The normalized spacial score (nSPS) is 0. The molecule has 0 fully saturated rings. The molecule has 0 aliphatic carbocycles. The minimum absolute atomic E-state index is 0. The molecule has 0 aromatic carbocycles. The van der Waals surface area contributed by atoms with Crippen molar-refractivity contribution in [3.8, 4) is 0 Å². The minimum atomic E-state index is 0. The zero-order chi connectivity index (χ0) is 0. The van der Waals surface area contributed by atoms with Crippen LogP contribution in [0.25, 0.3) is 0 Å². The molecule has 0 aliphatic rings. The molecule has 0 aromatic rings. The van der Waals surface area contributed by atoms with Crippen LogP contribution in [0.1, 0.15) is 0 Å². The van der Waals surface area contributed by atoms with E-state index in [0.29, 0.717) is 0 Å². The Balaban J connectivity index is 0. The molecule has 0 rings (SSSR count). The molecule has 5 heavy (non-hydrogen) atoms. The van der Waals surface area contributed by atoms with Gasteiger partial charge in [-0.15, -0.1) is 0 Å². The zero-order valence-corrected chi connectivity index (χ0v) is 12.9. The maximum Gasteiger partial charge on any atom is 0 e. The molecule has 5 heteroatoms. The van der Waals surface area contributed by atoms with Gasteiger partial charge in [0.1, 0.15) is 0 Å². The van der Waals surface area contributed by atoms with Crippen LogP contribution < -0.4 is 0 Å². The Morgan fingerprint density at radius 3 is 0.400 bits per heavy atom. The second-order valence-electron chi connectivity index (χ2n) is 0. The molecule has 0 atom stereocenters. The summed E-state index contributed by atoms with van der Waals surface area (Å²) in [6.07, 6.45) is 0. The molecule has 0 nitrogen and oxygen atoms in total. The van der Waals surface area contributed by atoms with Gasteiger partial charge in [0.2, 0.25) is 0 Å². The van der Waals surface area contributed by atoms with Gasteiger partial charge in [0.25, 0.3) is 0 Å². The quantitative estimate of drug-likeness (QED) is 0.516. The van der Waals surface area contributed by atoms with Gasteiger partial charge < -0.3 is 0 Å². The van der Waals surface area contributed by atoms with E-state index in [-0.39, 0.29) is 131 Å². The van der Waals surface area contributed by atoms with Crippen molar-refractivity contribution < 1.29 is 131 Å². The fourth-order valence-corrected chi connectivity index (χ4v) is 0. The third kappa shape index (κ3) is 17.8. The number of hydrogen-bond acceptors (Lipinski definition) is 0. The summed E-state index contributed by atoms with van der Waals surface area (Å²) in [6, 6.07) is 0. The molecule has 0 aliphatic heterocycles. The van der Waals surface area contributed by atoms with Crippen LogP contribution in [0, 0.1) is 0 Å². The third-order valence-corrected chi connectivity index (χ3v) is 0. The van der Waals surface area contributed by atoms with Crippen molar-refractivity contribution >= 4 is 0 Å². The fourth-order valence-electron chi connectivity index (χ4n) is 0. The molecule has 29 valence electrons. The van der Waals surface area contributed by atoms with Crippen LogP contribution in [0.3, 0.4) is 0 Å². The Hall–Kier alpha value is 4.30. The fraction of sp³-hybridized carbons (Fsp3) is 0. The summed E-state index contributed by atoms with van der Waals surface area (Å²) in [7, 11) is 0. The van der Waals surface area contributed by atoms with E-state index >= 15 is 0 Å². The van der Waals surface area contributed by atoms with E-state index in [1.165, 1.54) is 0 Å². The van der Waals surface area contributed by atoms with Crippen molar-refractivity contribution in [1.82, 2.24) is 0 Å². The zero-order valence-electron chi connectivity index (χ0n) is 2.36. The summed E-state index contributed by atoms with van der Waals surface area (Å²) in [5, 5.41) is 0. The van der Waals surface area contributed by atoms with E-state index in [0.717, 1.165) is 0 Å². The predicted molar refractivity (Wildman–Crippen MR) is 0 cm³/mol. The first-order valence-corrected chi connectivity index (χ1v) is 0. The first-order valence-electron chi connectivity index (χ1n) is 0. The second-order valence-corrected chi connectivity index (χ2v) is 0. The first kappa shape index (κ1) is 34.7. The molecule has 0 bridgehead atoms. The van der Waals surface area contributed by atoms with Crippen molar-refractivity contribution in [2.24, 2.45) is 0 Å². The molecule has 0 amide bonds. The summed E-state index contributed by atoms with van der Waals surface area (Å²) < 4.78 is 0. The van der Waals surface area contributed by atoms with Crippen LogP contribution >= 0.6 is 0 Å². The van der Waals surface area contributed by atoms with Crippen LogP contribution in [0.5, 0.6) is 0 Å². The first-order chi connectivity index (χ1) is 0. The van der Waals surface area contributed by atoms with E-state index in [1.807, 2.05) is 0 Å². The Morgan fingerprint density at radius 2 is 0.400 bits per heavy atom. The van der Waals surface area contributed by atoms with E-state index < -0.39 is 0 Å². The molecule has 0 heterocycles. The van der Waals surface area contributed by atoms with Gasteiger partial charge >= 0.3 is 0 Å². The second kappa shape index (κ2) is 23.9. The molecule has 0 unspecified atom stereocenters. The molecular formula is Ni2Y3. The molecule has 0 spiro atoms. The maximum absolute atomic E-state index is 0. The maximum atomic E-state index is 0. The Kier molecular flexibility index (Phi) is 166. The summed E-state index contributed by atoms with van der Waals surface area (Å²) >= 11 is 0. The molecule has 3 radical (unpaired) electrons. The number of rotatable bonds is 0. The molecule has 0 N–H and O–H groups in total. The van der Waals surface area contributed by atoms with Crippen molar-refractivity contribution in [2.45, 2.75) is 0 Å². The van der Waals surface area contributed by atoms with Crippen LogP contribution in [0.2, 0.25) is 0 Å². The smallest absolute Gasteiger partial charge is 0 e. The minimum Gasteiger partial charge on any atom is 0 e. The van der Waals surface area contributed by atoms with Crippen molar-refractivity contribution in [3.63, 3.8) is 0 Å². The third-order valence-electron chi connectivity index (χ3n) is 0. The average Bonchev–Trinajstić information content (AvgIpc) is 0. The van der Waals surface area contributed by atoms with Gasteiger partial charge in [0.15, 0.2) is 0 Å². The van der Waals surface area contributed by atoms with Crippen molar-refractivity contribution in [2.75, 3.05) is 0 Å². The summed E-state index contributed by atoms with van der Waals surface area (Å²) in [4.78, 5) is 0. The van der Waals surface area contributed by atoms with Gasteiger partial charge in [-0.25, -0.2) is 0 Å². The van der Waals surface area contributed by atoms with Gasteiger partial charge in [-0.05, 0) is 0 Å². The SMILES string of the molecule is [Ni].[Ni].[Y].[Y].[Y]. The average molecular weight is 384 g/mol. The summed E-state index contributed by atoms with van der Waals surface area (Å²) in [6.45, 7) is 0. The van der Waals surface area contributed by atoms with Crippen molar-refractivity contribution in [1.29, 1.82) is 0 Å². The van der Waals surface area contributed by atoms with Crippen LogP contribution in [-0.4, -0.2) is 0 Å². The number of hydrogen-bond donors (Lipinski definition) is 0. The van der Waals surface area contributed by atoms with Crippen LogP contribution in [0.15, 0.2) is 0 Å². The Labute approximate surface area is 128 Å². The van der Waals surface area contributed by atoms with Crippen molar-refractivity contribution in [3.05, 3.63) is 0 Å². The Morgan fingerprint density at radius 1 is 0.400 bits per heavy atom. The van der Waals surface area contributed by atoms with E-state index in [2.05, 4.69) is 0 Å². The van der Waals surface area contributed by atoms with E-state index in [9.17, 15) is 0 Å². The topological polar surface area (TPSA) is 0 Å². The largest absolute Gasteiger partial charge is 0 e. The van der Waals surface area contributed by atoms with Crippen LogP contribution in [0.4, 0.5) is 0 Å². The predicted octanol–water partition coefficient (Wildman–Crippen LogP) is -0.0125. The van der Waals surface area contributed by atoms with Gasteiger partial charge in [0, 0.05) is 131 Å². The van der Waals surface area contributed by atoms with E-state index in [4.69, 9.17) is 0 Å². The van der Waals surface area contributed by atoms with Crippen LogP contribution in [-0.2, 0) is 131 Å². The van der Waals surface area contributed by atoms with Gasteiger partial charge in [-0.1, -0.05) is 0 Å². The van der Waals surface area contributed by atoms with Gasteiger partial charge in [-0.3, -0.25) is 0 Å². The van der Waals surface area contributed by atoms with Gasteiger partial charge in [-0.2, -0.15) is 0 Å². The standard InChI is InChI=1S/2Ni.3Y. The monoisotopic (exact) mass is 383 g/mol. The molecule has 0 saturated carbocycles. The molecule has 0 aromatic heterocycles. The molecule has 0 saturated heterocycles. The summed E-state index contributed by atoms with van der Waals surface area (Å²) in [5.41, 5.74) is 0. The Bertz CT molecular complexity index is 4.85. The van der Waals surface area contributed by atoms with E-state index in [1.54, 1.807) is 0 Å². The summed E-state index contributed by atoms with van der Waals surface area (Å²) in [5.74, 6) is 0.